The smallest absolute Gasteiger partial charge is 0.399 e. The largest absolute Gasteiger partial charge is 2.00 e. The molecule has 0 spiro atoms. The number of nitrogens with two attached hydrogens (primary N) is 1. The third kappa shape index (κ3) is 5.10. The molecule has 0 atom stereocenters. The minimum atomic E-state index is 0. The summed E-state index contributed by atoms with van der Waals surface area (Å²) in [6.45, 7) is 0. The summed E-state index contributed by atoms with van der Waals surface area (Å²) in [6, 6.07) is 18.9. The minimum Gasteiger partial charge on any atom is -0.399 e. The summed E-state index contributed by atoms with van der Waals surface area (Å²) in [5, 5.41) is 0. The van der Waals surface area contributed by atoms with Crippen LogP contribution in [0.25, 0.3) is 5.57 Å². The molecule has 2 aliphatic carbocycles. The number of hydrogen-bond donors (Lipinski definition) is 1. The molecule has 2 aromatic carbocycles. The average Bonchev–Trinajstić information content (AvgIpc) is 3.41. The number of rotatable bonds is 6. The Balaban J connectivity index is 0.00000225. The van der Waals surface area contributed by atoms with Crippen LogP contribution in [0.3, 0.4) is 0 Å². The molecule has 0 amide bonds. The third-order valence-corrected chi connectivity index (χ3v) is 4.97. The number of allylic oxidation sites excluding steroid dienone is 1. The SMILES string of the molecule is Nc1ccc(/C(=C(/CC[C]2[CH][CH][CH][CH]2)[C]2[CH][CH][CH][CH]2)c2ccccc2)cc1.[Fe+2]. The van der Waals surface area contributed by atoms with Crippen LogP contribution in [-0.2, 0) is 17.1 Å². The molecule has 0 heterocycles. The summed E-state index contributed by atoms with van der Waals surface area (Å²) < 4.78 is 0. The molecule has 0 bridgehead atoms. The summed E-state index contributed by atoms with van der Waals surface area (Å²) >= 11 is 0. The molecule has 138 valence electrons. The second-order valence-corrected chi connectivity index (χ2v) is 6.81. The van der Waals surface area contributed by atoms with Gasteiger partial charge in [-0.05, 0) is 99.0 Å². The van der Waals surface area contributed by atoms with Gasteiger partial charge in [-0.3, -0.25) is 0 Å². The van der Waals surface area contributed by atoms with Gasteiger partial charge in [0.2, 0.25) is 0 Å². The maximum atomic E-state index is 5.94. The molecule has 2 N–H and O–H groups in total. The molecule has 0 unspecified atom stereocenters. The van der Waals surface area contributed by atoms with Crippen molar-refractivity contribution in [3.8, 4) is 0 Å². The van der Waals surface area contributed by atoms with E-state index in [4.69, 9.17) is 5.73 Å². The maximum Gasteiger partial charge on any atom is 2.00 e. The van der Waals surface area contributed by atoms with E-state index in [1.165, 1.54) is 34.1 Å². The van der Waals surface area contributed by atoms with E-state index in [2.05, 4.69) is 93.8 Å². The Bertz CT molecular complexity index is 751. The van der Waals surface area contributed by atoms with Crippen molar-refractivity contribution in [2.45, 2.75) is 12.8 Å². The van der Waals surface area contributed by atoms with Gasteiger partial charge in [-0.15, -0.1) is 0 Å². The molecule has 2 heteroatoms. The number of benzene rings is 2. The van der Waals surface area contributed by atoms with E-state index in [-0.39, 0.29) is 17.1 Å². The van der Waals surface area contributed by atoms with E-state index >= 15 is 0 Å². The maximum absolute atomic E-state index is 5.94. The van der Waals surface area contributed by atoms with Gasteiger partial charge in [0.25, 0.3) is 0 Å². The Kier molecular flexibility index (Phi) is 7.82. The Morgan fingerprint density at radius 1 is 0.679 bits per heavy atom. The van der Waals surface area contributed by atoms with Gasteiger partial charge < -0.3 is 5.73 Å². The summed E-state index contributed by atoms with van der Waals surface area (Å²) in [6.07, 6.45) is 19.3. The standard InChI is InChI=1S/C26H23N.Fe/c27-24-17-15-23(16-18-24)26(22-12-2-1-3-13-22)25(21-10-6-7-11-21)19-14-20-8-4-5-9-20;/h1-13,15-18H,14,19,27H2;/q;+2/b26-25-;. The zero-order valence-electron chi connectivity index (χ0n) is 15.7. The summed E-state index contributed by atoms with van der Waals surface area (Å²) in [4.78, 5) is 0. The Morgan fingerprint density at radius 3 is 1.89 bits per heavy atom. The van der Waals surface area contributed by atoms with Crippen LogP contribution in [0.2, 0.25) is 0 Å². The molecule has 2 aliphatic rings. The first-order valence-corrected chi connectivity index (χ1v) is 9.38. The molecule has 28 heavy (non-hydrogen) atoms. The Hall–Kier alpha value is -1.50. The molecule has 2 fully saturated rings. The quantitative estimate of drug-likeness (QED) is 0.487. The van der Waals surface area contributed by atoms with Gasteiger partial charge in [0.05, 0.1) is 0 Å². The van der Waals surface area contributed by atoms with Crippen molar-refractivity contribution in [1.29, 1.82) is 0 Å². The van der Waals surface area contributed by atoms with E-state index in [0.717, 1.165) is 18.5 Å². The minimum absolute atomic E-state index is 0. The second kappa shape index (κ2) is 10.3. The molecule has 2 saturated carbocycles. The van der Waals surface area contributed by atoms with Crippen LogP contribution in [-0.4, -0.2) is 0 Å². The summed E-state index contributed by atoms with van der Waals surface area (Å²) in [5.41, 5.74) is 11.8. The van der Waals surface area contributed by atoms with Gasteiger partial charge in [0.15, 0.2) is 0 Å². The van der Waals surface area contributed by atoms with Crippen LogP contribution in [0, 0.1) is 63.2 Å². The molecule has 0 aliphatic heterocycles. The van der Waals surface area contributed by atoms with E-state index < -0.39 is 0 Å². The van der Waals surface area contributed by atoms with Gasteiger partial charge in [0, 0.05) is 11.6 Å². The first-order valence-electron chi connectivity index (χ1n) is 9.38. The molecular formula is C26H23FeN+2. The van der Waals surface area contributed by atoms with Crippen molar-refractivity contribution in [2.75, 3.05) is 5.73 Å². The third-order valence-electron chi connectivity index (χ3n) is 4.97. The van der Waals surface area contributed by atoms with Crippen molar-refractivity contribution >= 4 is 11.3 Å². The van der Waals surface area contributed by atoms with Crippen LogP contribution >= 0.6 is 0 Å². The van der Waals surface area contributed by atoms with Gasteiger partial charge in [-0.25, -0.2) is 0 Å². The monoisotopic (exact) mass is 405 g/mol. The van der Waals surface area contributed by atoms with Crippen LogP contribution in [0.1, 0.15) is 24.0 Å². The summed E-state index contributed by atoms with van der Waals surface area (Å²) in [7, 11) is 0. The van der Waals surface area contributed by atoms with E-state index in [0.29, 0.717) is 0 Å². The van der Waals surface area contributed by atoms with Crippen LogP contribution in [0.4, 0.5) is 5.69 Å². The van der Waals surface area contributed by atoms with Crippen LogP contribution in [0.15, 0.2) is 60.2 Å². The van der Waals surface area contributed by atoms with Crippen molar-refractivity contribution in [2.24, 2.45) is 0 Å². The normalized spacial score (nSPS) is 18.7. The van der Waals surface area contributed by atoms with E-state index in [1.54, 1.807) is 0 Å². The molecule has 0 saturated heterocycles. The topological polar surface area (TPSA) is 26.0 Å². The molecule has 10 radical (unpaired) electrons. The van der Waals surface area contributed by atoms with Crippen molar-refractivity contribution in [3.05, 3.63) is 134 Å². The fourth-order valence-corrected chi connectivity index (χ4v) is 3.61. The molecule has 4 rings (SSSR count). The predicted octanol–water partition coefficient (Wildman–Crippen LogP) is 5.66. The molecule has 1 nitrogen and oxygen atoms in total. The Morgan fingerprint density at radius 2 is 1.25 bits per heavy atom. The predicted molar refractivity (Wildman–Crippen MR) is 113 cm³/mol. The number of anilines is 1. The summed E-state index contributed by atoms with van der Waals surface area (Å²) in [5.74, 6) is 2.67. The fraction of sp³-hybridized carbons (Fsp3) is 0.0769. The van der Waals surface area contributed by atoms with Gasteiger partial charge in [-0.1, -0.05) is 48.0 Å². The first-order chi connectivity index (χ1) is 13.3. The zero-order valence-corrected chi connectivity index (χ0v) is 16.8. The molecule has 2 aromatic rings. The zero-order chi connectivity index (χ0) is 18.5. The van der Waals surface area contributed by atoms with Crippen molar-refractivity contribution in [3.63, 3.8) is 0 Å². The second-order valence-electron chi connectivity index (χ2n) is 6.81. The van der Waals surface area contributed by atoms with E-state index in [9.17, 15) is 0 Å². The van der Waals surface area contributed by atoms with Gasteiger partial charge in [-0.2, -0.15) is 0 Å². The number of nitrogen functional groups attached to an aromatic ring is 1. The molecular weight excluding hydrogens is 382 g/mol. The Labute approximate surface area is 181 Å². The first kappa shape index (κ1) is 21.2. The van der Waals surface area contributed by atoms with Crippen LogP contribution in [0.5, 0.6) is 0 Å². The number of hydrogen-bond acceptors (Lipinski definition) is 1. The van der Waals surface area contributed by atoms with E-state index in [1.807, 2.05) is 12.1 Å². The van der Waals surface area contributed by atoms with Crippen molar-refractivity contribution in [1.82, 2.24) is 0 Å². The average molecular weight is 405 g/mol. The molecule has 0 aromatic heterocycles. The van der Waals surface area contributed by atoms with Gasteiger partial charge in [0.1, 0.15) is 0 Å². The fourth-order valence-electron chi connectivity index (χ4n) is 3.61. The van der Waals surface area contributed by atoms with Crippen LogP contribution < -0.4 is 5.73 Å². The van der Waals surface area contributed by atoms with Crippen molar-refractivity contribution < 1.29 is 17.1 Å². The van der Waals surface area contributed by atoms with Gasteiger partial charge >= 0.3 is 17.1 Å².